The minimum atomic E-state index is -3.77. The highest BCUT2D eigenvalue weighted by Crippen LogP contribution is 2.23. The Hall–Kier alpha value is -2.41. The van der Waals surface area contributed by atoms with Crippen molar-refractivity contribution in [2.45, 2.75) is 31.1 Å². The van der Waals surface area contributed by atoms with Crippen LogP contribution in [-0.4, -0.2) is 13.3 Å². The van der Waals surface area contributed by atoms with Crippen LogP contribution in [0.5, 0.6) is 0 Å². The minimum Gasteiger partial charge on any atom is -0.280 e. The van der Waals surface area contributed by atoms with Gasteiger partial charge in [0.15, 0.2) is 0 Å². The summed E-state index contributed by atoms with van der Waals surface area (Å²) in [5.41, 5.74) is 1.45. The van der Waals surface area contributed by atoms with Gasteiger partial charge < -0.3 is 0 Å². The van der Waals surface area contributed by atoms with E-state index in [-0.39, 0.29) is 10.6 Å². The average molecular weight is 334 g/mol. The molecule has 2 rings (SSSR count). The van der Waals surface area contributed by atoms with Crippen molar-refractivity contribution in [3.05, 3.63) is 64.2 Å². The molecule has 0 fully saturated rings. The molecule has 122 valence electrons. The molecule has 0 unspecified atom stereocenters. The van der Waals surface area contributed by atoms with Crippen molar-refractivity contribution < 1.29 is 13.3 Å². The third-order valence-corrected chi connectivity index (χ3v) is 5.10. The molecule has 1 N–H and O–H groups in total. The second-order valence-electron chi connectivity index (χ2n) is 5.29. The monoisotopic (exact) mass is 334 g/mol. The number of sulfonamides is 1. The first-order valence-corrected chi connectivity index (χ1v) is 8.69. The Balaban J connectivity index is 2.19. The van der Waals surface area contributed by atoms with E-state index in [9.17, 15) is 18.5 Å². The van der Waals surface area contributed by atoms with Crippen LogP contribution < -0.4 is 4.72 Å². The van der Waals surface area contributed by atoms with Crippen molar-refractivity contribution in [3.8, 4) is 0 Å². The van der Waals surface area contributed by atoms with Gasteiger partial charge in [-0.3, -0.25) is 14.8 Å². The maximum absolute atomic E-state index is 12.3. The normalized spacial score (nSPS) is 12.6. The lowest BCUT2D eigenvalue weighted by Crippen LogP contribution is -2.13. The van der Waals surface area contributed by atoms with E-state index in [0.29, 0.717) is 11.6 Å². The SMILES string of the molecule is CC[C@H](C)c1ccc(NS(=O)(=O)c2ccc([N+](=O)[O-])cc2)cc1. The number of non-ortho nitro benzene ring substituents is 1. The Bertz CT molecular complexity index is 784. The summed E-state index contributed by atoms with van der Waals surface area (Å²) in [7, 11) is -3.77. The van der Waals surface area contributed by atoms with Gasteiger partial charge in [-0.1, -0.05) is 26.0 Å². The summed E-state index contributed by atoms with van der Waals surface area (Å²) < 4.78 is 27.0. The maximum Gasteiger partial charge on any atom is 0.269 e. The van der Waals surface area contributed by atoms with Crippen LogP contribution in [0.25, 0.3) is 0 Å². The van der Waals surface area contributed by atoms with Crippen molar-refractivity contribution in [2.24, 2.45) is 0 Å². The average Bonchev–Trinajstić information content (AvgIpc) is 2.54. The van der Waals surface area contributed by atoms with Gasteiger partial charge in [-0.25, -0.2) is 8.42 Å². The fourth-order valence-electron chi connectivity index (χ4n) is 2.08. The number of nitrogens with one attached hydrogen (secondary N) is 1. The molecule has 0 radical (unpaired) electrons. The molecule has 0 aliphatic heterocycles. The van der Waals surface area contributed by atoms with Crippen LogP contribution in [0.2, 0.25) is 0 Å². The fraction of sp³-hybridized carbons (Fsp3) is 0.250. The highest BCUT2D eigenvalue weighted by Gasteiger charge is 2.16. The lowest BCUT2D eigenvalue weighted by molar-refractivity contribution is -0.384. The second kappa shape index (κ2) is 6.78. The van der Waals surface area contributed by atoms with Crippen LogP contribution in [-0.2, 0) is 10.0 Å². The summed E-state index contributed by atoms with van der Waals surface area (Å²) in [6.45, 7) is 4.20. The van der Waals surface area contributed by atoms with Crippen molar-refractivity contribution in [3.63, 3.8) is 0 Å². The van der Waals surface area contributed by atoms with E-state index in [4.69, 9.17) is 0 Å². The van der Waals surface area contributed by atoms with Gasteiger partial charge in [-0.05, 0) is 42.2 Å². The maximum atomic E-state index is 12.3. The number of hydrogen-bond donors (Lipinski definition) is 1. The number of anilines is 1. The summed E-state index contributed by atoms with van der Waals surface area (Å²) >= 11 is 0. The van der Waals surface area contributed by atoms with Crippen molar-refractivity contribution in [1.29, 1.82) is 0 Å². The van der Waals surface area contributed by atoms with E-state index in [1.54, 1.807) is 12.1 Å². The molecule has 2 aromatic carbocycles. The topological polar surface area (TPSA) is 89.3 Å². The molecule has 1 atom stereocenters. The Morgan fingerprint density at radius 1 is 1.09 bits per heavy atom. The molecule has 0 aromatic heterocycles. The highest BCUT2D eigenvalue weighted by atomic mass is 32.2. The zero-order valence-corrected chi connectivity index (χ0v) is 13.7. The van der Waals surface area contributed by atoms with Crippen molar-refractivity contribution in [2.75, 3.05) is 4.72 Å². The predicted molar refractivity (Wildman–Crippen MR) is 89.1 cm³/mol. The number of nitro groups is 1. The lowest BCUT2D eigenvalue weighted by atomic mass is 9.99. The number of rotatable bonds is 6. The number of benzene rings is 2. The van der Waals surface area contributed by atoms with Gasteiger partial charge in [0.05, 0.1) is 9.82 Å². The molecular weight excluding hydrogens is 316 g/mol. The third kappa shape index (κ3) is 4.07. The van der Waals surface area contributed by atoms with E-state index < -0.39 is 14.9 Å². The molecule has 23 heavy (non-hydrogen) atoms. The molecule has 2 aromatic rings. The van der Waals surface area contributed by atoms with Crippen LogP contribution in [0.3, 0.4) is 0 Å². The summed E-state index contributed by atoms with van der Waals surface area (Å²) in [5.74, 6) is 0.412. The van der Waals surface area contributed by atoms with E-state index in [1.807, 2.05) is 12.1 Å². The van der Waals surface area contributed by atoms with Crippen LogP contribution in [0, 0.1) is 10.1 Å². The Kier molecular flexibility index (Phi) is 5.00. The van der Waals surface area contributed by atoms with Crippen molar-refractivity contribution >= 4 is 21.4 Å². The summed E-state index contributed by atoms with van der Waals surface area (Å²) in [4.78, 5) is 10.0. The van der Waals surface area contributed by atoms with Gasteiger partial charge in [0, 0.05) is 17.8 Å². The molecule has 0 bridgehead atoms. The smallest absolute Gasteiger partial charge is 0.269 e. The fourth-order valence-corrected chi connectivity index (χ4v) is 3.14. The Labute approximate surface area is 135 Å². The second-order valence-corrected chi connectivity index (χ2v) is 6.97. The van der Waals surface area contributed by atoms with Crippen LogP contribution in [0.1, 0.15) is 31.7 Å². The number of nitro benzene ring substituents is 1. The van der Waals surface area contributed by atoms with E-state index in [0.717, 1.165) is 12.0 Å². The van der Waals surface area contributed by atoms with E-state index in [1.165, 1.54) is 24.3 Å². The predicted octanol–water partition coefficient (Wildman–Crippen LogP) is 3.91. The van der Waals surface area contributed by atoms with Gasteiger partial charge in [-0.15, -0.1) is 0 Å². The largest absolute Gasteiger partial charge is 0.280 e. The molecule has 0 heterocycles. The van der Waals surface area contributed by atoms with Gasteiger partial charge in [0.2, 0.25) is 0 Å². The quantitative estimate of drug-likeness (QED) is 0.640. The first-order chi connectivity index (χ1) is 10.8. The van der Waals surface area contributed by atoms with Crippen LogP contribution in [0.4, 0.5) is 11.4 Å². The zero-order chi connectivity index (χ0) is 17.0. The molecular formula is C16H18N2O4S. The molecule has 6 nitrogen and oxygen atoms in total. The van der Waals surface area contributed by atoms with Gasteiger partial charge in [0.25, 0.3) is 15.7 Å². The molecule has 0 spiro atoms. The zero-order valence-electron chi connectivity index (χ0n) is 12.9. The first kappa shape index (κ1) is 17.0. The summed E-state index contributed by atoms with van der Waals surface area (Å²) in [6.07, 6.45) is 1.01. The molecule has 0 aliphatic carbocycles. The van der Waals surface area contributed by atoms with E-state index >= 15 is 0 Å². The van der Waals surface area contributed by atoms with Gasteiger partial charge >= 0.3 is 0 Å². The number of hydrogen-bond acceptors (Lipinski definition) is 4. The van der Waals surface area contributed by atoms with Crippen LogP contribution in [0.15, 0.2) is 53.4 Å². The minimum absolute atomic E-state index is 0.0193. The Morgan fingerprint density at radius 2 is 1.65 bits per heavy atom. The molecule has 7 heteroatoms. The van der Waals surface area contributed by atoms with E-state index in [2.05, 4.69) is 18.6 Å². The first-order valence-electron chi connectivity index (χ1n) is 7.20. The van der Waals surface area contributed by atoms with Gasteiger partial charge in [-0.2, -0.15) is 0 Å². The summed E-state index contributed by atoms with van der Waals surface area (Å²) in [6, 6.07) is 12.0. The third-order valence-electron chi connectivity index (χ3n) is 3.70. The summed E-state index contributed by atoms with van der Waals surface area (Å²) in [5, 5.41) is 10.6. The molecule has 0 aliphatic rings. The molecule has 0 amide bonds. The highest BCUT2D eigenvalue weighted by molar-refractivity contribution is 7.92. The molecule has 0 saturated carbocycles. The Morgan fingerprint density at radius 3 is 2.13 bits per heavy atom. The molecule has 0 saturated heterocycles. The van der Waals surface area contributed by atoms with Crippen LogP contribution >= 0.6 is 0 Å². The van der Waals surface area contributed by atoms with Crippen molar-refractivity contribution in [1.82, 2.24) is 0 Å². The standard InChI is InChI=1S/C16H18N2O4S/c1-3-12(2)13-4-6-14(7-5-13)17-23(21,22)16-10-8-15(9-11-16)18(19)20/h4-12,17H,3H2,1-2H3/t12-/m0/s1. The number of nitrogens with zero attached hydrogens (tertiary/aromatic N) is 1. The van der Waals surface area contributed by atoms with Gasteiger partial charge in [0.1, 0.15) is 0 Å². The lowest BCUT2D eigenvalue weighted by Gasteiger charge is -2.11.